The molecule has 0 saturated carbocycles. The number of unbranched alkanes of at least 4 members (excludes halogenated alkanes) is 1. The lowest BCUT2D eigenvalue weighted by Gasteiger charge is -2.23. The fourth-order valence-corrected chi connectivity index (χ4v) is 2.27. The van der Waals surface area contributed by atoms with Gasteiger partial charge in [-0.3, -0.25) is 5.41 Å². The van der Waals surface area contributed by atoms with Crippen molar-refractivity contribution in [2.45, 2.75) is 46.5 Å². The molecular weight excluding hydrogens is 198 g/mol. The molecule has 0 aromatic carbocycles. The van der Waals surface area contributed by atoms with Crippen LogP contribution in [-0.2, 0) is 0 Å². The summed E-state index contributed by atoms with van der Waals surface area (Å²) < 4.78 is 0. The van der Waals surface area contributed by atoms with Crippen molar-refractivity contribution in [3.05, 3.63) is 0 Å². The zero-order valence-corrected chi connectivity index (χ0v) is 11.1. The Labute approximate surface area is 99.9 Å². The quantitative estimate of drug-likeness (QED) is 0.414. The van der Waals surface area contributed by atoms with E-state index in [4.69, 9.17) is 11.1 Å². The molecule has 1 aliphatic heterocycles. The van der Waals surface area contributed by atoms with Crippen molar-refractivity contribution >= 4 is 5.84 Å². The summed E-state index contributed by atoms with van der Waals surface area (Å²) in [4.78, 5) is 2.56. The van der Waals surface area contributed by atoms with Gasteiger partial charge >= 0.3 is 0 Å². The van der Waals surface area contributed by atoms with Crippen molar-refractivity contribution < 1.29 is 0 Å². The fourth-order valence-electron chi connectivity index (χ4n) is 2.27. The second-order valence-corrected chi connectivity index (χ2v) is 5.95. The summed E-state index contributed by atoms with van der Waals surface area (Å²) in [6.07, 6.45) is 4.81. The third-order valence-corrected chi connectivity index (χ3v) is 3.76. The molecular formula is C13H27N3. The molecule has 94 valence electrons. The zero-order valence-electron chi connectivity index (χ0n) is 11.1. The third-order valence-electron chi connectivity index (χ3n) is 3.76. The highest BCUT2D eigenvalue weighted by Gasteiger charge is 2.21. The molecule has 1 saturated heterocycles. The van der Waals surface area contributed by atoms with E-state index in [2.05, 4.69) is 25.7 Å². The average molecular weight is 225 g/mol. The van der Waals surface area contributed by atoms with Gasteiger partial charge in [-0.1, -0.05) is 27.2 Å². The number of likely N-dealkylation sites (tertiary alicyclic amines) is 1. The van der Waals surface area contributed by atoms with Gasteiger partial charge in [0, 0.05) is 12.0 Å². The Kier molecular flexibility index (Phi) is 4.78. The van der Waals surface area contributed by atoms with Gasteiger partial charge in [0.2, 0.25) is 0 Å². The van der Waals surface area contributed by atoms with E-state index in [1.54, 1.807) is 0 Å². The maximum Gasteiger partial charge on any atom is 0.0963 e. The fraction of sp³-hybridized carbons (Fsp3) is 0.923. The van der Waals surface area contributed by atoms with Crippen LogP contribution >= 0.6 is 0 Å². The molecule has 0 amide bonds. The highest BCUT2D eigenvalue weighted by Crippen LogP contribution is 2.23. The van der Waals surface area contributed by atoms with E-state index in [0.29, 0.717) is 5.84 Å². The molecule has 3 heteroatoms. The number of hydrogen-bond donors (Lipinski definition) is 2. The summed E-state index contributed by atoms with van der Waals surface area (Å²) in [5.41, 5.74) is 5.45. The Morgan fingerprint density at radius 3 is 2.62 bits per heavy atom. The first-order chi connectivity index (χ1) is 7.42. The lowest BCUT2D eigenvalue weighted by Crippen LogP contribution is -2.31. The lowest BCUT2D eigenvalue weighted by atomic mass is 9.86. The van der Waals surface area contributed by atoms with Gasteiger partial charge < -0.3 is 10.6 Å². The number of nitrogens with two attached hydrogens (primary N) is 1. The van der Waals surface area contributed by atoms with Crippen LogP contribution in [0.1, 0.15) is 46.5 Å². The van der Waals surface area contributed by atoms with E-state index in [1.165, 1.54) is 38.9 Å². The molecule has 1 heterocycles. The van der Waals surface area contributed by atoms with E-state index in [9.17, 15) is 0 Å². The minimum Gasteiger partial charge on any atom is -0.387 e. The van der Waals surface area contributed by atoms with Gasteiger partial charge in [0.15, 0.2) is 0 Å². The standard InChI is InChI=1S/C13H27N3/c1-11-6-9-16(10-11)8-5-4-7-13(2,3)12(14)15/h11H,4-10H2,1-3H3,(H3,14,15). The minimum absolute atomic E-state index is 0.113. The van der Waals surface area contributed by atoms with Crippen molar-refractivity contribution in [2.24, 2.45) is 17.1 Å². The summed E-state index contributed by atoms with van der Waals surface area (Å²) >= 11 is 0. The SMILES string of the molecule is CC1CCN(CCCCC(C)(C)C(=N)N)C1. The van der Waals surface area contributed by atoms with E-state index in [0.717, 1.165) is 12.3 Å². The highest BCUT2D eigenvalue weighted by atomic mass is 15.1. The molecule has 0 aliphatic carbocycles. The largest absolute Gasteiger partial charge is 0.387 e. The van der Waals surface area contributed by atoms with Gasteiger partial charge in [0.05, 0.1) is 5.84 Å². The molecule has 0 bridgehead atoms. The van der Waals surface area contributed by atoms with Crippen LogP contribution in [0.5, 0.6) is 0 Å². The predicted octanol–water partition coefficient (Wildman–Crippen LogP) is 2.46. The summed E-state index contributed by atoms with van der Waals surface area (Å²) in [6, 6.07) is 0. The molecule has 1 unspecified atom stereocenters. The van der Waals surface area contributed by atoms with E-state index in [-0.39, 0.29) is 5.41 Å². The maximum atomic E-state index is 7.49. The van der Waals surface area contributed by atoms with Crippen molar-refractivity contribution in [3.8, 4) is 0 Å². The van der Waals surface area contributed by atoms with E-state index >= 15 is 0 Å². The minimum atomic E-state index is -0.113. The topological polar surface area (TPSA) is 53.1 Å². The molecule has 0 aromatic heterocycles. The van der Waals surface area contributed by atoms with Crippen LogP contribution in [0.25, 0.3) is 0 Å². The Bertz CT molecular complexity index is 235. The van der Waals surface area contributed by atoms with Gasteiger partial charge in [-0.05, 0) is 38.3 Å². The molecule has 0 radical (unpaired) electrons. The molecule has 1 rings (SSSR count). The van der Waals surface area contributed by atoms with Crippen molar-refractivity contribution in [2.75, 3.05) is 19.6 Å². The predicted molar refractivity (Wildman–Crippen MR) is 69.8 cm³/mol. The van der Waals surface area contributed by atoms with Crippen LogP contribution in [0, 0.1) is 16.7 Å². The van der Waals surface area contributed by atoms with Gasteiger partial charge in [-0.25, -0.2) is 0 Å². The van der Waals surface area contributed by atoms with Crippen molar-refractivity contribution in [1.82, 2.24) is 4.90 Å². The molecule has 0 spiro atoms. The Morgan fingerprint density at radius 2 is 2.12 bits per heavy atom. The normalized spacial score (nSPS) is 22.6. The second kappa shape index (κ2) is 5.67. The van der Waals surface area contributed by atoms with Crippen LogP contribution in [0.3, 0.4) is 0 Å². The number of nitrogens with one attached hydrogen (secondary N) is 1. The first kappa shape index (κ1) is 13.5. The molecule has 3 N–H and O–H groups in total. The number of nitrogens with zero attached hydrogens (tertiary/aromatic N) is 1. The highest BCUT2D eigenvalue weighted by molar-refractivity contribution is 5.82. The van der Waals surface area contributed by atoms with E-state index in [1.807, 2.05) is 0 Å². The monoisotopic (exact) mass is 225 g/mol. The maximum absolute atomic E-state index is 7.49. The number of amidine groups is 1. The molecule has 0 aromatic rings. The lowest BCUT2D eigenvalue weighted by molar-refractivity contribution is 0.310. The van der Waals surface area contributed by atoms with E-state index < -0.39 is 0 Å². The van der Waals surface area contributed by atoms with Gasteiger partial charge in [-0.15, -0.1) is 0 Å². The summed E-state index contributed by atoms with van der Waals surface area (Å²) in [6.45, 7) is 10.2. The molecule has 3 nitrogen and oxygen atoms in total. The molecule has 16 heavy (non-hydrogen) atoms. The van der Waals surface area contributed by atoms with Crippen LogP contribution in [-0.4, -0.2) is 30.4 Å². The number of hydrogen-bond acceptors (Lipinski definition) is 2. The summed E-state index contributed by atoms with van der Waals surface area (Å²) in [7, 11) is 0. The Hall–Kier alpha value is -0.570. The van der Waals surface area contributed by atoms with Crippen LogP contribution in [0.4, 0.5) is 0 Å². The van der Waals surface area contributed by atoms with Crippen LogP contribution in [0.15, 0.2) is 0 Å². The van der Waals surface area contributed by atoms with Crippen molar-refractivity contribution in [3.63, 3.8) is 0 Å². The molecule has 1 aliphatic rings. The second-order valence-electron chi connectivity index (χ2n) is 5.95. The van der Waals surface area contributed by atoms with Gasteiger partial charge in [0.1, 0.15) is 0 Å². The van der Waals surface area contributed by atoms with Gasteiger partial charge in [0.25, 0.3) is 0 Å². The molecule has 1 atom stereocenters. The number of rotatable bonds is 6. The third kappa shape index (κ3) is 4.12. The first-order valence-corrected chi connectivity index (χ1v) is 6.48. The Morgan fingerprint density at radius 1 is 1.44 bits per heavy atom. The van der Waals surface area contributed by atoms with Gasteiger partial charge in [-0.2, -0.15) is 0 Å². The molecule has 1 fully saturated rings. The Balaban J connectivity index is 2.10. The smallest absolute Gasteiger partial charge is 0.0963 e. The zero-order chi connectivity index (χ0) is 12.2. The van der Waals surface area contributed by atoms with Crippen LogP contribution in [0.2, 0.25) is 0 Å². The first-order valence-electron chi connectivity index (χ1n) is 6.48. The summed E-state index contributed by atoms with van der Waals surface area (Å²) in [5, 5.41) is 7.49. The average Bonchev–Trinajstić information content (AvgIpc) is 2.59. The summed E-state index contributed by atoms with van der Waals surface area (Å²) in [5.74, 6) is 1.20. The van der Waals surface area contributed by atoms with Crippen molar-refractivity contribution in [1.29, 1.82) is 5.41 Å². The van der Waals surface area contributed by atoms with Crippen LogP contribution < -0.4 is 5.73 Å².